The Hall–Kier alpha value is -2.20. The van der Waals surface area contributed by atoms with E-state index >= 15 is 0 Å². The molecule has 0 unspecified atom stereocenters. The number of rotatable bonds is 5. The summed E-state index contributed by atoms with van der Waals surface area (Å²) in [5, 5.41) is 3.43. The van der Waals surface area contributed by atoms with Crippen molar-refractivity contribution in [2.45, 2.75) is 25.6 Å². The zero-order chi connectivity index (χ0) is 15.4. The molecule has 22 heavy (non-hydrogen) atoms. The van der Waals surface area contributed by atoms with Crippen molar-refractivity contribution in [3.05, 3.63) is 71.5 Å². The van der Waals surface area contributed by atoms with Crippen molar-refractivity contribution >= 4 is 5.91 Å². The number of nitrogens with one attached hydrogen (secondary N) is 1. The Kier molecular flexibility index (Phi) is 4.49. The fourth-order valence-electron chi connectivity index (χ4n) is 2.73. The van der Waals surface area contributed by atoms with Crippen LogP contribution in [0.3, 0.4) is 0 Å². The van der Waals surface area contributed by atoms with Crippen LogP contribution in [0.1, 0.15) is 17.5 Å². The second-order valence-corrected chi connectivity index (χ2v) is 5.67. The maximum absolute atomic E-state index is 12.9. The van der Waals surface area contributed by atoms with Crippen LogP contribution in [0.15, 0.2) is 54.6 Å². The minimum Gasteiger partial charge on any atom is -0.337 e. The third kappa shape index (κ3) is 3.71. The van der Waals surface area contributed by atoms with Gasteiger partial charge in [0, 0.05) is 32.1 Å². The molecule has 1 fully saturated rings. The van der Waals surface area contributed by atoms with Gasteiger partial charge in [0.1, 0.15) is 5.82 Å². The van der Waals surface area contributed by atoms with Crippen molar-refractivity contribution in [1.29, 1.82) is 0 Å². The quantitative estimate of drug-likeness (QED) is 0.920. The van der Waals surface area contributed by atoms with E-state index in [0.717, 1.165) is 12.1 Å². The lowest BCUT2D eigenvalue weighted by Crippen LogP contribution is -2.32. The summed E-state index contributed by atoms with van der Waals surface area (Å²) >= 11 is 0. The average Bonchev–Trinajstić information content (AvgIpc) is 2.89. The molecule has 0 aliphatic carbocycles. The van der Waals surface area contributed by atoms with E-state index in [9.17, 15) is 9.18 Å². The Morgan fingerprint density at radius 1 is 1.05 bits per heavy atom. The number of hydrogen-bond acceptors (Lipinski definition) is 2. The van der Waals surface area contributed by atoms with E-state index in [4.69, 9.17) is 0 Å². The second kappa shape index (κ2) is 6.71. The van der Waals surface area contributed by atoms with Gasteiger partial charge >= 0.3 is 0 Å². The van der Waals surface area contributed by atoms with Crippen LogP contribution in [-0.4, -0.2) is 23.4 Å². The maximum atomic E-state index is 12.9. The number of nitrogens with zero attached hydrogens (tertiary/aromatic N) is 1. The molecule has 114 valence electrons. The molecule has 0 saturated carbocycles. The Labute approximate surface area is 129 Å². The molecule has 1 heterocycles. The van der Waals surface area contributed by atoms with E-state index in [-0.39, 0.29) is 17.8 Å². The van der Waals surface area contributed by atoms with Gasteiger partial charge < -0.3 is 10.2 Å². The van der Waals surface area contributed by atoms with Gasteiger partial charge in [-0.25, -0.2) is 4.39 Å². The first-order valence-electron chi connectivity index (χ1n) is 7.50. The lowest BCUT2D eigenvalue weighted by molar-refractivity contribution is -0.128. The fourth-order valence-corrected chi connectivity index (χ4v) is 2.73. The van der Waals surface area contributed by atoms with Gasteiger partial charge in [0.05, 0.1) is 0 Å². The van der Waals surface area contributed by atoms with Crippen LogP contribution in [0, 0.1) is 5.82 Å². The van der Waals surface area contributed by atoms with Crippen LogP contribution in [0.4, 0.5) is 4.39 Å². The molecule has 1 aliphatic heterocycles. The Morgan fingerprint density at radius 3 is 2.50 bits per heavy atom. The number of hydrogen-bond donors (Lipinski definition) is 1. The highest BCUT2D eigenvalue weighted by Crippen LogP contribution is 2.16. The van der Waals surface area contributed by atoms with Crippen molar-refractivity contribution in [2.75, 3.05) is 6.54 Å². The summed E-state index contributed by atoms with van der Waals surface area (Å²) in [7, 11) is 0. The molecule has 0 radical (unpaired) electrons. The van der Waals surface area contributed by atoms with Crippen LogP contribution in [0.25, 0.3) is 0 Å². The van der Waals surface area contributed by atoms with Crippen molar-refractivity contribution in [1.82, 2.24) is 10.2 Å². The van der Waals surface area contributed by atoms with Gasteiger partial charge in [-0.2, -0.15) is 0 Å². The van der Waals surface area contributed by atoms with Gasteiger partial charge in [-0.1, -0.05) is 42.5 Å². The molecule has 1 atom stereocenters. The minimum absolute atomic E-state index is 0.148. The molecule has 0 bridgehead atoms. The van der Waals surface area contributed by atoms with Crippen molar-refractivity contribution in [2.24, 2.45) is 0 Å². The first-order valence-corrected chi connectivity index (χ1v) is 7.50. The standard InChI is InChI=1S/C18H19FN2O/c19-16-8-6-15(7-9-16)12-21-13-17(10-18(21)22)20-11-14-4-2-1-3-5-14/h1-9,17,20H,10-13H2/t17-/m0/s1. The van der Waals surface area contributed by atoms with E-state index in [1.807, 2.05) is 23.1 Å². The largest absolute Gasteiger partial charge is 0.337 e. The molecule has 1 N–H and O–H groups in total. The molecule has 0 aromatic heterocycles. The van der Waals surface area contributed by atoms with Gasteiger partial charge in [-0.15, -0.1) is 0 Å². The highest BCUT2D eigenvalue weighted by atomic mass is 19.1. The summed E-state index contributed by atoms with van der Waals surface area (Å²) in [6.45, 7) is 2.01. The molecule has 3 nitrogen and oxygen atoms in total. The summed E-state index contributed by atoms with van der Waals surface area (Å²) in [6.07, 6.45) is 0.522. The molecule has 4 heteroatoms. The Bertz CT molecular complexity index is 627. The van der Waals surface area contributed by atoms with Gasteiger partial charge in [0.2, 0.25) is 5.91 Å². The minimum atomic E-state index is -0.251. The lowest BCUT2D eigenvalue weighted by atomic mass is 10.2. The zero-order valence-electron chi connectivity index (χ0n) is 12.3. The van der Waals surface area contributed by atoms with Crippen LogP contribution >= 0.6 is 0 Å². The molecule has 3 rings (SSSR count). The first kappa shape index (κ1) is 14.7. The molecule has 2 aromatic carbocycles. The summed E-state index contributed by atoms with van der Waals surface area (Å²) in [5.41, 5.74) is 2.17. The molecular formula is C18H19FN2O. The van der Waals surface area contributed by atoms with Gasteiger partial charge in [0.25, 0.3) is 0 Å². The average molecular weight is 298 g/mol. The van der Waals surface area contributed by atoms with Gasteiger partial charge in [-0.05, 0) is 23.3 Å². The highest BCUT2D eigenvalue weighted by molar-refractivity contribution is 5.79. The van der Waals surface area contributed by atoms with E-state index in [1.54, 1.807) is 12.1 Å². The third-order valence-corrected chi connectivity index (χ3v) is 3.94. The third-order valence-electron chi connectivity index (χ3n) is 3.94. The van der Waals surface area contributed by atoms with Gasteiger partial charge in [-0.3, -0.25) is 4.79 Å². The van der Waals surface area contributed by atoms with Crippen LogP contribution in [0.5, 0.6) is 0 Å². The zero-order valence-corrected chi connectivity index (χ0v) is 12.3. The normalized spacial score (nSPS) is 18.0. The molecular weight excluding hydrogens is 279 g/mol. The number of likely N-dealkylation sites (tertiary alicyclic amines) is 1. The smallest absolute Gasteiger partial charge is 0.224 e. The van der Waals surface area contributed by atoms with Gasteiger partial charge in [0.15, 0.2) is 0 Å². The van der Waals surface area contributed by atoms with E-state index in [0.29, 0.717) is 19.5 Å². The number of carbonyl (C=O) groups excluding carboxylic acids is 1. The monoisotopic (exact) mass is 298 g/mol. The van der Waals surface area contributed by atoms with Crippen LogP contribution in [-0.2, 0) is 17.9 Å². The molecule has 1 aliphatic rings. The number of amides is 1. The summed E-state index contributed by atoms with van der Waals surface area (Å²) in [6, 6.07) is 16.7. The van der Waals surface area contributed by atoms with E-state index in [1.165, 1.54) is 17.7 Å². The summed E-state index contributed by atoms with van der Waals surface area (Å²) in [4.78, 5) is 13.9. The predicted octanol–water partition coefficient (Wildman–Crippen LogP) is 2.72. The molecule has 2 aromatic rings. The van der Waals surface area contributed by atoms with E-state index < -0.39 is 0 Å². The number of benzene rings is 2. The summed E-state index contributed by atoms with van der Waals surface area (Å²) < 4.78 is 12.9. The highest BCUT2D eigenvalue weighted by Gasteiger charge is 2.28. The molecule has 0 spiro atoms. The molecule has 1 amide bonds. The molecule has 1 saturated heterocycles. The Morgan fingerprint density at radius 2 is 1.77 bits per heavy atom. The lowest BCUT2D eigenvalue weighted by Gasteiger charge is -2.17. The number of halogens is 1. The van der Waals surface area contributed by atoms with Crippen LogP contribution in [0.2, 0.25) is 0 Å². The van der Waals surface area contributed by atoms with Crippen molar-refractivity contribution in [3.8, 4) is 0 Å². The fraction of sp³-hybridized carbons (Fsp3) is 0.278. The van der Waals surface area contributed by atoms with E-state index in [2.05, 4.69) is 17.4 Å². The van der Waals surface area contributed by atoms with Crippen molar-refractivity contribution < 1.29 is 9.18 Å². The van der Waals surface area contributed by atoms with Crippen molar-refractivity contribution in [3.63, 3.8) is 0 Å². The Balaban J connectivity index is 1.53. The van der Waals surface area contributed by atoms with Crippen LogP contribution < -0.4 is 5.32 Å². The topological polar surface area (TPSA) is 32.3 Å². The number of carbonyl (C=O) groups is 1. The predicted molar refractivity (Wildman–Crippen MR) is 83.5 cm³/mol. The second-order valence-electron chi connectivity index (χ2n) is 5.67. The first-order chi connectivity index (χ1) is 10.7. The SMILES string of the molecule is O=C1C[C@H](NCc2ccccc2)CN1Cc1ccc(F)cc1. The summed E-state index contributed by atoms with van der Waals surface area (Å²) in [5.74, 6) is -0.103. The maximum Gasteiger partial charge on any atom is 0.224 e.